The SMILES string of the molecule is CCC(NC(=O)COc1ccc([N+](=O)[O-])cc1)c1ccccc1OC(F)F. The molecule has 0 fully saturated rings. The Hall–Kier alpha value is -3.23. The summed E-state index contributed by atoms with van der Waals surface area (Å²) < 4.78 is 34.9. The van der Waals surface area contributed by atoms with E-state index in [0.717, 1.165) is 0 Å². The van der Waals surface area contributed by atoms with Gasteiger partial charge in [0.15, 0.2) is 6.61 Å². The monoisotopic (exact) mass is 380 g/mol. The molecule has 1 atom stereocenters. The maximum atomic E-state index is 12.5. The first-order valence-corrected chi connectivity index (χ1v) is 8.11. The molecule has 0 saturated heterocycles. The van der Waals surface area contributed by atoms with Crippen LogP contribution in [0.4, 0.5) is 14.5 Å². The van der Waals surface area contributed by atoms with Crippen molar-refractivity contribution in [1.29, 1.82) is 0 Å². The van der Waals surface area contributed by atoms with Crippen molar-refractivity contribution in [2.24, 2.45) is 0 Å². The highest BCUT2D eigenvalue weighted by Crippen LogP contribution is 2.28. The number of nitrogens with one attached hydrogen (secondary N) is 1. The van der Waals surface area contributed by atoms with Crippen LogP contribution < -0.4 is 14.8 Å². The van der Waals surface area contributed by atoms with Gasteiger partial charge in [-0.2, -0.15) is 8.78 Å². The third-order valence-corrected chi connectivity index (χ3v) is 3.67. The molecule has 9 heteroatoms. The van der Waals surface area contributed by atoms with E-state index in [4.69, 9.17) is 4.74 Å². The van der Waals surface area contributed by atoms with Gasteiger partial charge in [-0.15, -0.1) is 0 Å². The van der Waals surface area contributed by atoms with E-state index in [1.165, 1.54) is 30.3 Å². The number of amides is 1. The summed E-state index contributed by atoms with van der Waals surface area (Å²) in [7, 11) is 0. The number of benzene rings is 2. The Morgan fingerprint density at radius 2 is 1.85 bits per heavy atom. The molecule has 1 N–H and O–H groups in total. The second-order valence-electron chi connectivity index (χ2n) is 5.48. The first-order valence-electron chi connectivity index (χ1n) is 8.11. The number of hydrogen-bond acceptors (Lipinski definition) is 5. The van der Waals surface area contributed by atoms with E-state index in [1.807, 2.05) is 0 Å². The number of nitro benzene ring substituents is 1. The van der Waals surface area contributed by atoms with Gasteiger partial charge < -0.3 is 14.8 Å². The minimum Gasteiger partial charge on any atom is -0.484 e. The first kappa shape index (κ1) is 20.1. The van der Waals surface area contributed by atoms with Crippen LogP contribution in [0.1, 0.15) is 24.9 Å². The summed E-state index contributed by atoms with van der Waals surface area (Å²) in [5.41, 5.74) is 0.345. The fourth-order valence-corrected chi connectivity index (χ4v) is 2.42. The van der Waals surface area contributed by atoms with Crippen molar-refractivity contribution < 1.29 is 28.0 Å². The van der Waals surface area contributed by atoms with Crippen LogP contribution in [-0.2, 0) is 4.79 Å². The topological polar surface area (TPSA) is 90.7 Å². The average molecular weight is 380 g/mol. The summed E-state index contributed by atoms with van der Waals surface area (Å²) in [5, 5.41) is 13.3. The second kappa shape index (κ2) is 9.46. The summed E-state index contributed by atoms with van der Waals surface area (Å²) >= 11 is 0. The van der Waals surface area contributed by atoms with Crippen LogP contribution in [-0.4, -0.2) is 24.0 Å². The average Bonchev–Trinajstić information content (AvgIpc) is 2.65. The van der Waals surface area contributed by atoms with Crippen molar-refractivity contribution >= 4 is 11.6 Å². The normalized spacial score (nSPS) is 11.7. The Kier molecular flexibility index (Phi) is 7.04. The van der Waals surface area contributed by atoms with Crippen molar-refractivity contribution in [3.63, 3.8) is 0 Å². The van der Waals surface area contributed by atoms with Gasteiger partial charge in [0, 0.05) is 17.7 Å². The molecule has 0 aliphatic heterocycles. The molecule has 27 heavy (non-hydrogen) atoms. The summed E-state index contributed by atoms with van der Waals surface area (Å²) in [6.07, 6.45) is 0.451. The Morgan fingerprint density at radius 3 is 2.44 bits per heavy atom. The molecule has 7 nitrogen and oxygen atoms in total. The van der Waals surface area contributed by atoms with Gasteiger partial charge in [-0.05, 0) is 24.6 Å². The Bertz CT molecular complexity index is 784. The van der Waals surface area contributed by atoms with Gasteiger partial charge in [-0.25, -0.2) is 0 Å². The molecule has 1 unspecified atom stereocenters. The number of ether oxygens (including phenoxy) is 2. The van der Waals surface area contributed by atoms with Crippen molar-refractivity contribution in [2.75, 3.05) is 6.61 Å². The number of para-hydroxylation sites is 1. The lowest BCUT2D eigenvalue weighted by Crippen LogP contribution is -2.32. The van der Waals surface area contributed by atoms with Gasteiger partial charge in [-0.1, -0.05) is 25.1 Å². The van der Waals surface area contributed by atoms with Crippen LogP contribution in [0.3, 0.4) is 0 Å². The quantitative estimate of drug-likeness (QED) is 0.527. The minimum absolute atomic E-state index is 0.00376. The largest absolute Gasteiger partial charge is 0.484 e. The van der Waals surface area contributed by atoms with Crippen molar-refractivity contribution in [1.82, 2.24) is 5.32 Å². The number of carbonyl (C=O) groups excluding carboxylic acids is 1. The second-order valence-corrected chi connectivity index (χ2v) is 5.48. The summed E-state index contributed by atoms with van der Waals surface area (Å²) in [6.45, 7) is -1.50. The maximum Gasteiger partial charge on any atom is 0.387 e. The lowest BCUT2D eigenvalue weighted by atomic mass is 10.0. The number of nitro groups is 1. The molecule has 0 radical (unpaired) electrons. The summed E-state index contributed by atoms with van der Waals surface area (Å²) in [4.78, 5) is 22.2. The molecular weight excluding hydrogens is 362 g/mol. The van der Waals surface area contributed by atoms with Gasteiger partial charge in [-0.3, -0.25) is 14.9 Å². The minimum atomic E-state index is -2.97. The third-order valence-electron chi connectivity index (χ3n) is 3.67. The third kappa shape index (κ3) is 5.91. The molecule has 0 aliphatic carbocycles. The van der Waals surface area contributed by atoms with E-state index < -0.39 is 23.5 Å². The Morgan fingerprint density at radius 1 is 1.19 bits per heavy atom. The molecule has 2 rings (SSSR count). The lowest BCUT2D eigenvalue weighted by molar-refractivity contribution is -0.384. The van der Waals surface area contributed by atoms with Gasteiger partial charge in [0.25, 0.3) is 11.6 Å². The van der Waals surface area contributed by atoms with Gasteiger partial charge >= 0.3 is 6.61 Å². The Balaban J connectivity index is 1.98. The fourth-order valence-electron chi connectivity index (χ4n) is 2.42. The van der Waals surface area contributed by atoms with E-state index >= 15 is 0 Å². The molecule has 0 aromatic heterocycles. The number of halogens is 2. The van der Waals surface area contributed by atoms with E-state index in [1.54, 1.807) is 25.1 Å². The van der Waals surface area contributed by atoms with Crippen LogP contribution >= 0.6 is 0 Å². The smallest absolute Gasteiger partial charge is 0.387 e. The zero-order valence-corrected chi connectivity index (χ0v) is 14.4. The lowest BCUT2D eigenvalue weighted by Gasteiger charge is -2.20. The fraction of sp³-hybridized carbons (Fsp3) is 0.278. The van der Waals surface area contributed by atoms with E-state index in [0.29, 0.717) is 17.7 Å². The van der Waals surface area contributed by atoms with E-state index in [-0.39, 0.29) is 18.0 Å². The Labute approximate surface area is 154 Å². The van der Waals surface area contributed by atoms with Crippen molar-refractivity contribution in [3.8, 4) is 11.5 Å². The van der Waals surface area contributed by atoms with E-state index in [9.17, 15) is 23.7 Å². The van der Waals surface area contributed by atoms with Crippen LogP contribution in [0.15, 0.2) is 48.5 Å². The molecule has 2 aromatic carbocycles. The standard InChI is InChI=1S/C18H18F2N2O5/c1-2-15(14-5-3-4-6-16(14)27-18(19)20)21-17(23)11-26-13-9-7-12(8-10-13)22(24)25/h3-10,15,18H,2,11H2,1H3,(H,21,23). The predicted octanol–water partition coefficient (Wildman–Crippen LogP) is 3.84. The van der Waals surface area contributed by atoms with Crippen molar-refractivity contribution in [3.05, 3.63) is 64.2 Å². The van der Waals surface area contributed by atoms with Gasteiger partial charge in [0.05, 0.1) is 11.0 Å². The van der Waals surface area contributed by atoms with Crippen LogP contribution in [0.5, 0.6) is 11.5 Å². The van der Waals surface area contributed by atoms with Crippen molar-refractivity contribution in [2.45, 2.75) is 26.0 Å². The molecule has 1 amide bonds. The molecule has 0 aliphatic rings. The zero-order chi connectivity index (χ0) is 19.8. The number of non-ortho nitro benzene ring substituents is 1. The maximum absolute atomic E-state index is 12.5. The number of rotatable bonds is 9. The van der Waals surface area contributed by atoms with Crippen LogP contribution in [0, 0.1) is 10.1 Å². The number of hydrogen-bond donors (Lipinski definition) is 1. The van der Waals surface area contributed by atoms with E-state index in [2.05, 4.69) is 10.1 Å². The van der Waals surface area contributed by atoms with Crippen LogP contribution in [0.25, 0.3) is 0 Å². The highest BCUT2D eigenvalue weighted by Gasteiger charge is 2.19. The van der Waals surface area contributed by atoms with Gasteiger partial charge in [0.1, 0.15) is 11.5 Å². The number of nitrogens with zero attached hydrogens (tertiary/aromatic N) is 1. The highest BCUT2D eigenvalue weighted by molar-refractivity contribution is 5.78. The number of carbonyl (C=O) groups is 1. The summed E-state index contributed by atoms with van der Waals surface area (Å²) in [6, 6.07) is 11.0. The summed E-state index contributed by atoms with van der Waals surface area (Å²) in [5.74, 6) is -0.173. The molecule has 0 saturated carbocycles. The predicted molar refractivity (Wildman–Crippen MR) is 92.8 cm³/mol. The molecule has 0 heterocycles. The highest BCUT2D eigenvalue weighted by atomic mass is 19.3. The van der Waals surface area contributed by atoms with Gasteiger partial charge in [0.2, 0.25) is 0 Å². The molecular formula is C18H18F2N2O5. The molecule has 2 aromatic rings. The number of alkyl halides is 2. The first-order chi connectivity index (χ1) is 12.9. The van der Waals surface area contributed by atoms with Crippen LogP contribution in [0.2, 0.25) is 0 Å². The molecule has 0 bridgehead atoms. The molecule has 144 valence electrons. The zero-order valence-electron chi connectivity index (χ0n) is 14.4. The molecule has 0 spiro atoms.